The highest BCUT2D eigenvalue weighted by Gasteiger charge is 2.40. The van der Waals surface area contributed by atoms with Crippen molar-refractivity contribution in [1.29, 1.82) is 0 Å². The maximum absolute atomic E-state index is 5.90. The molecule has 0 amide bonds. The summed E-state index contributed by atoms with van der Waals surface area (Å²) in [5.41, 5.74) is 39.5. The SMILES string of the molecule is Brc1cc(-c2ccc(-c3ccccc3)cc2)cc2nc3c(Br)cc(-c4ccc(-c5ccccc5)cc4)cc3cc12.CC1(C)c2ccccc2N(c2cc(-c3ccc(-c4ccccc4)cc3)cc3nc4c(N5c6ccccc6C(C)(C)c6ccccc65)cc(-c5ccc(-c6ccccc6)cc5)cc4cc23)c2ccccc21.CC1(C)c2ccccc2Nc2ccccc21. The minimum Gasteiger partial charge on any atom is -0.355 e. The largest absolute Gasteiger partial charge is 0.355 e. The van der Waals surface area contributed by atoms with Crippen LogP contribution in [0.3, 0.4) is 0 Å². The van der Waals surface area contributed by atoms with Crippen LogP contribution >= 0.6 is 31.9 Å². The van der Waals surface area contributed by atoms with Crippen LogP contribution < -0.4 is 15.1 Å². The van der Waals surface area contributed by atoms with E-state index in [0.717, 1.165) is 103 Å². The van der Waals surface area contributed by atoms with Crippen molar-refractivity contribution in [2.75, 3.05) is 15.1 Å². The molecule has 7 heteroatoms. The van der Waals surface area contributed by atoms with E-state index in [0.29, 0.717) is 0 Å². The first-order valence-electron chi connectivity index (χ1n) is 43.3. The van der Waals surface area contributed by atoms with E-state index in [9.17, 15) is 0 Å². The molecular formula is C119H89Br2N5. The average molecular weight is 1750 g/mol. The van der Waals surface area contributed by atoms with Gasteiger partial charge < -0.3 is 15.1 Å². The lowest BCUT2D eigenvalue weighted by molar-refractivity contribution is 0.632. The lowest BCUT2D eigenvalue weighted by atomic mass is 9.73. The van der Waals surface area contributed by atoms with Crippen molar-refractivity contribution < 1.29 is 0 Å². The molecule has 126 heavy (non-hydrogen) atoms. The van der Waals surface area contributed by atoms with Crippen LogP contribution in [0.15, 0.2) is 434 Å². The Morgan fingerprint density at radius 3 is 0.849 bits per heavy atom. The van der Waals surface area contributed by atoms with Crippen molar-refractivity contribution in [3.8, 4) is 89.0 Å². The average Bonchev–Trinajstić information content (AvgIpc) is 0.707. The number of anilines is 8. The monoisotopic (exact) mass is 1750 g/mol. The number of hydrogen-bond acceptors (Lipinski definition) is 5. The van der Waals surface area contributed by atoms with Crippen molar-refractivity contribution in [2.24, 2.45) is 0 Å². The number of para-hydroxylation sites is 6. The van der Waals surface area contributed by atoms with Gasteiger partial charge in [-0.25, -0.2) is 9.97 Å². The van der Waals surface area contributed by atoms with Crippen molar-refractivity contribution >= 4 is 121 Å². The van der Waals surface area contributed by atoms with Gasteiger partial charge in [0.15, 0.2) is 0 Å². The van der Waals surface area contributed by atoms with Gasteiger partial charge in [0.1, 0.15) is 0 Å². The molecule has 2 aromatic heterocycles. The number of nitrogens with zero attached hydrogens (tertiary/aromatic N) is 4. The van der Waals surface area contributed by atoms with Crippen LogP contribution in [-0.2, 0) is 16.2 Å². The number of nitrogens with one attached hydrogen (secondary N) is 1. The van der Waals surface area contributed by atoms with Crippen LogP contribution in [-0.4, -0.2) is 9.97 Å². The second-order valence-electron chi connectivity index (χ2n) is 34.8. The Kier molecular flexibility index (Phi) is 20.3. The third kappa shape index (κ3) is 14.4. The summed E-state index contributed by atoms with van der Waals surface area (Å²) >= 11 is 7.66. The Labute approximate surface area is 754 Å². The molecule has 20 aromatic rings. The summed E-state index contributed by atoms with van der Waals surface area (Å²) in [4.78, 5) is 16.0. The molecule has 5 nitrogen and oxygen atoms in total. The Morgan fingerprint density at radius 2 is 0.460 bits per heavy atom. The number of fused-ring (bicyclic) bond motifs is 10. The Hall–Kier alpha value is -14.3. The highest BCUT2D eigenvalue weighted by molar-refractivity contribution is 9.11. The van der Waals surface area contributed by atoms with Crippen LogP contribution in [0.2, 0.25) is 0 Å². The molecule has 0 atom stereocenters. The third-order valence-corrected chi connectivity index (χ3v) is 27.3. The fourth-order valence-electron chi connectivity index (χ4n) is 19.4. The molecule has 0 bridgehead atoms. The van der Waals surface area contributed by atoms with E-state index in [4.69, 9.17) is 9.97 Å². The Morgan fingerprint density at radius 1 is 0.206 bits per heavy atom. The van der Waals surface area contributed by atoms with E-state index in [2.05, 4.69) is 501 Å². The standard InChI is InChI=1S/C67H51N3.C37H23Br2N.C15H15N/c1-66(2)54-23-11-15-27-59(54)69(60-28-16-12-24-55(60)66)63-42-51(49-37-33-47(34-38-49)45-21-9-6-10-22-45)41-58-53(63)40-52-39-50(48-35-31-46(32-36-48)44-19-7-5-8-20-44)43-64(65(52)68-58)70-61-29-17-13-25-56(61)67(3,4)57-26-14-18-30-62(57)70;38-34-21-31(29-17-13-27(14-18-29)25-9-5-2-6-10-25)23-36-33(34)20-32-19-30(22-35(39)37(32)40-36)28-15-11-26(12-16-28)24-7-3-1-4-8-24;1-15(2)11-7-3-5-9-13(11)16-14-10-6-4-8-12(14)15/h5-43H,1-4H3;1-23H;3-10,16H,1-2H3. The molecule has 604 valence electrons. The van der Waals surface area contributed by atoms with Crippen LogP contribution in [0.5, 0.6) is 0 Å². The molecule has 0 fully saturated rings. The quantitative estimate of drug-likeness (QED) is 0.138. The van der Waals surface area contributed by atoms with Crippen molar-refractivity contribution in [3.63, 3.8) is 0 Å². The number of pyridine rings is 2. The maximum Gasteiger partial charge on any atom is 0.0950 e. The first-order chi connectivity index (χ1) is 61.5. The second-order valence-corrected chi connectivity index (χ2v) is 36.5. The zero-order valence-corrected chi connectivity index (χ0v) is 74.1. The number of aromatic nitrogens is 2. The Balaban J connectivity index is 0.000000144. The van der Waals surface area contributed by atoms with Crippen molar-refractivity contribution in [1.82, 2.24) is 9.97 Å². The fraction of sp³-hybridized carbons (Fsp3) is 0.0756. The number of rotatable bonds is 10. The summed E-state index contributed by atoms with van der Waals surface area (Å²) in [7, 11) is 0. The summed E-state index contributed by atoms with van der Waals surface area (Å²) in [5, 5.41) is 7.86. The summed E-state index contributed by atoms with van der Waals surface area (Å²) in [5.74, 6) is 0. The van der Waals surface area contributed by atoms with E-state index < -0.39 is 0 Å². The van der Waals surface area contributed by atoms with E-state index in [-0.39, 0.29) is 16.2 Å². The molecule has 0 spiro atoms. The van der Waals surface area contributed by atoms with Gasteiger partial charge in [-0.3, -0.25) is 0 Å². The first-order valence-corrected chi connectivity index (χ1v) is 44.9. The zero-order valence-electron chi connectivity index (χ0n) is 71.0. The molecular weight excluding hydrogens is 1660 g/mol. The summed E-state index contributed by atoms with van der Waals surface area (Å²) < 4.78 is 2.03. The van der Waals surface area contributed by atoms with E-state index in [1.165, 1.54) is 118 Å². The minimum atomic E-state index is -0.208. The predicted octanol–water partition coefficient (Wildman–Crippen LogP) is 33.9. The van der Waals surface area contributed by atoms with Crippen LogP contribution in [0.25, 0.3) is 133 Å². The van der Waals surface area contributed by atoms with Gasteiger partial charge in [0.2, 0.25) is 0 Å². The van der Waals surface area contributed by atoms with Gasteiger partial charge in [-0.1, -0.05) is 385 Å². The van der Waals surface area contributed by atoms with Crippen LogP contribution in [0.4, 0.5) is 45.5 Å². The van der Waals surface area contributed by atoms with E-state index in [1.54, 1.807) is 0 Å². The highest BCUT2D eigenvalue weighted by atomic mass is 79.9. The summed E-state index contributed by atoms with van der Waals surface area (Å²) in [6, 6.07) is 153. The number of hydrogen-bond donors (Lipinski definition) is 1. The van der Waals surface area contributed by atoms with Crippen molar-refractivity contribution in [2.45, 2.75) is 57.8 Å². The molecule has 3 aliphatic heterocycles. The summed E-state index contributed by atoms with van der Waals surface area (Å²) in [6.07, 6.45) is 0. The van der Waals surface area contributed by atoms with Crippen LogP contribution in [0.1, 0.15) is 74.9 Å². The van der Waals surface area contributed by atoms with Gasteiger partial charge in [-0.2, -0.15) is 0 Å². The molecule has 0 unspecified atom stereocenters. The number of benzene rings is 18. The van der Waals surface area contributed by atoms with Gasteiger partial charge in [-0.15, -0.1) is 0 Å². The molecule has 23 rings (SSSR count). The molecule has 0 saturated heterocycles. The predicted molar refractivity (Wildman–Crippen MR) is 539 cm³/mol. The van der Waals surface area contributed by atoms with Crippen molar-refractivity contribution in [3.05, 3.63) is 467 Å². The maximum atomic E-state index is 5.90. The minimum absolute atomic E-state index is 0.0818. The summed E-state index contributed by atoms with van der Waals surface area (Å²) in [6.45, 7) is 14.0. The van der Waals surface area contributed by atoms with Gasteiger partial charge in [-0.05, 0) is 235 Å². The first kappa shape index (κ1) is 78.9. The molecule has 1 N–H and O–H groups in total. The molecule has 0 saturated carbocycles. The van der Waals surface area contributed by atoms with Gasteiger partial charge in [0.05, 0.1) is 56.2 Å². The molecule has 5 heterocycles. The number of halogens is 2. The van der Waals surface area contributed by atoms with Gasteiger partial charge >= 0.3 is 0 Å². The smallest absolute Gasteiger partial charge is 0.0950 e. The molecule has 18 aromatic carbocycles. The second kappa shape index (κ2) is 32.4. The normalized spacial score (nSPS) is 13.5. The molecule has 0 radical (unpaired) electrons. The lowest BCUT2D eigenvalue weighted by Gasteiger charge is -2.42. The zero-order chi connectivity index (χ0) is 85.4. The van der Waals surface area contributed by atoms with Crippen LogP contribution in [0, 0.1) is 0 Å². The third-order valence-electron chi connectivity index (χ3n) is 26.0. The fourth-order valence-corrected chi connectivity index (χ4v) is 20.5. The van der Waals surface area contributed by atoms with Gasteiger partial charge in [0, 0.05) is 58.1 Å². The molecule has 3 aliphatic rings. The van der Waals surface area contributed by atoms with E-state index in [1.807, 2.05) is 12.1 Å². The Bertz CT molecular complexity index is 7010. The van der Waals surface area contributed by atoms with Gasteiger partial charge in [0.25, 0.3) is 0 Å². The lowest BCUT2D eigenvalue weighted by Crippen LogP contribution is -2.30. The molecule has 0 aliphatic carbocycles. The topological polar surface area (TPSA) is 44.3 Å². The highest BCUT2D eigenvalue weighted by Crippen LogP contribution is 2.57. The van der Waals surface area contributed by atoms with E-state index >= 15 is 0 Å².